The van der Waals surface area contributed by atoms with Gasteiger partial charge in [0, 0.05) is 39.8 Å². The number of benzene rings is 2. The van der Waals surface area contributed by atoms with Gasteiger partial charge in [-0.3, -0.25) is 9.69 Å². The van der Waals surface area contributed by atoms with Crippen LogP contribution in [-0.2, 0) is 17.9 Å². The minimum absolute atomic E-state index is 0. The zero-order valence-corrected chi connectivity index (χ0v) is 21.1. The molecule has 0 spiro atoms. The highest BCUT2D eigenvalue weighted by molar-refractivity contribution is 14.0. The predicted octanol–water partition coefficient (Wildman–Crippen LogP) is 3.23. The molecule has 2 aromatic rings. The van der Waals surface area contributed by atoms with E-state index >= 15 is 0 Å². The molecule has 32 heavy (non-hydrogen) atoms. The smallest absolute Gasteiger partial charge is 0.241 e. The lowest BCUT2D eigenvalue weighted by molar-refractivity contribution is -0.127. The lowest BCUT2D eigenvalue weighted by Crippen LogP contribution is -2.50. The van der Waals surface area contributed by atoms with Crippen LogP contribution in [0.25, 0.3) is 0 Å². The van der Waals surface area contributed by atoms with Crippen LogP contribution < -0.4 is 10.6 Å². The molecule has 1 aliphatic rings. The van der Waals surface area contributed by atoms with E-state index in [0.29, 0.717) is 18.5 Å². The summed E-state index contributed by atoms with van der Waals surface area (Å²) in [6, 6.07) is 17.1. The summed E-state index contributed by atoms with van der Waals surface area (Å²) < 4.78 is 13.1. The van der Waals surface area contributed by atoms with E-state index in [2.05, 4.69) is 20.5 Å². The Morgan fingerprint density at radius 1 is 1.06 bits per heavy atom. The third-order valence-corrected chi connectivity index (χ3v) is 5.42. The second-order valence-electron chi connectivity index (χ2n) is 8.11. The number of carbonyl (C=O) groups excluding carboxylic acids is 1. The summed E-state index contributed by atoms with van der Waals surface area (Å²) in [7, 11) is 3.49. The summed E-state index contributed by atoms with van der Waals surface area (Å²) in [6.07, 6.45) is 1.96. The van der Waals surface area contributed by atoms with Crippen molar-refractivity contribution in [3.8, 4) is 0 Å². The fourth-order valence-electron chi connectivity index (χ4n) is 3.50. The van der Waals surface area contributed by atoms with E-state index in [1.807, 2.05) is 42.5 Å². The maximum Gasteiger partial charge on any atom is 0.241 e. The molecule has 1 fully saturated rings. The lowest BCUT2D eigenvalue weighted by atomic mass is 10.0. The van der Waals surface area contributed by atoms with E-state index in [1.165, 1.54) is 12.1 Å². The van der Waals surface area contributed by atoms with Gasteiger partial charge in [-0.05, 0) is 36.1 Å². The first-order chi connectivity index (χ1) is 15.0. The van der Waals surface area contributed by atoms with Crippen molar-refractivity contribution in [2.75, 3.05) is 33.7 Å². The molecule has 1 amide bonds. The van der Waals surface area contributed by atoms with Crippen molar-refractivity contribution >= 4 is 35.8 Å². The molecule has 2 N–H and O–H groups in total. The molecule has 0 aliphatic carbocycles. The number of hydrogen-bond acceptors (Lipinski definition) is 3. The minimum atomic E-state index is -0.200. The number of hydrogen-bond donors (Lipinski definition) is 2. The van der Waals surface area contributed by atoms with Crippen LogP contribution in [0.1, 0.15) is 24.0 Å². The van der Waals surface area contributed by atoms with Gasteiger partial charge in [0.2, 0.25) is 5.91 Å². The number of amides is 1. The van der Waals surface area contributed by atoms with Gasteiger partial charge >= 0.3 is 0 Å². The first kappa shape index (κ1) is 26.1. The van der Waals surface area contributed by atoms with E-state index in [-0.39, 0.29) is 42.2 Å². The minimum Gasteiger partial charge on any atom is -0.354 e. The summed E-state index contributed by atoms with van der Waals surface area (Å²) in [5, 5.41) is 6.68. The van der Waals surface area contributed by atoms with Gasteiger partial charge in [0.15, 0.2) is 5.96 Å². The van der Waals surface area contributed by atoms with Gasteiger partial charge in [0.05, 0.1) is 13.1 Å². The summed E-state index contributed by atoms with van der Waals surface area (Å²) in [4.78, 5) is 20.6. The molecule has 8 heteroatoms. The van der Waals surface area contributed by atoms with Crippen molar-refractivity contribution in [3.63, 3.8) is 0 Å². The van der Waals surface area contributed by atoms with Gasteiger partial charge in [-0.2, -0.15) is 0 Å². The molecule has 6 nitrogen and oxygen atoms in total. The Kier molecular flexibility index (Phi) is 10.9. The van der Waals surface area contributed by atoms with E-state index < -0.39 is 0 Å². The standard InChI is InChI=1S/C24H32FN5O.HI/c1-29(2)23(31)17-27-24(26-16-19-6-4-3-5-7-19)28-22-12-14-30(15-13-22)18-20-8-10-21(25)11-9-20;/h3-11,22H,12-18H2,1-2H3,(H2,26,27,28);1H. The second kappa shape index (κ2) is 13.4. The molecule has 0 radical (unpaired) electrons. The Morgan fingerprint density at radius 2 is 1.72 bits per heavy atom. The first-order valence-electron chi connectivity index (χ1n) is 10.8. The first-order valence-corrected chi connectivity index (χ1v) is 10.8. The van der Waals surface area contributed by atoms with Crippen LogP contribution in [0, 0.1) is 5.82 Å². The van der Waals surface area contributed by atoms with Crippen LogP contribution in [0.2, 0.25) is 0 Å². The summed E-state index contributed by atoms with van der Waals surface area (Å²) >= 11 is 0. The SMILES string of the molecule is CN(C)C(=O)CNC(=NCc1ccccc1)NC1CCN(Cc2ccc(F)cc2)CC1.I. The van der Waals surface area contributed by atoms with Crippen molar-refractivity contribution in [1.29, 1.82) is 0 Å². The average molecular weight is 553 g/mol. The van der Waals surface area contributed by atoms with Crippen LogP contribution in [0.5, 0.6) is 0 Å². The Hall–Kier alpha value is -2.20. The molecule has 0 saturated carbocycles. The fourth-order valence-corrected chi connectivity index (χ4v) is 3.50. The summed E-state index contributed by atoms with van der Waals surface area (Å²) in [5.41, 5.74) is 2.25. The maximum atomic E-state index is 13.1. The summed E-state index contributed by atoms with van der Waals surface area (Å²) in [5.74, 6) is 0.466. The molecule has 0 unspecified atom stereocenters. The number of likely N-dealkylation sites (N-methyl/N-ethyl adjacent to an activating group) is 1. The highest BCUT2D eigenvalue weighted by Crippen LogP contribution is 2.14. The Labute approximate surface area is 207 Å². The lowest BCUT2D eigenvalue weighted by Gasteiger charge is -2.33. The topological polar surface area (TPSA) is 60.0 Å². The van der Waals surface area contributed by atoms with Crippen molar-refractivity contribution < 1.29 is 9.18 Å². The van der Waals surface area contributed by atoms with Gasteiger partial charge < -0.3 is 15.5 Å². The molecule has 174 valence electrons. The number of nitrogens with zero attached hydrogens (tertiary/aromatic N) is 3. The van der Waals surface area contributed by atoms with E-state index in [9.17, 15) is 9.18 Å². The van der Waals surface area contributed by atoms with Crippen molar-refractivity contribution in [2.24, 2.45) is 4.99 Å². The van der Waals surface area contributed by atoms with Crippen LogP contribution >= 0.6 is 24.0 Å². The Bertz CT molecular complexity index is 852. The van der Waals surface area contributed by atoms with Crippen LogP contribution in [0.15, 0.2) is 59.6 Å². The van der Waals surface area contributed by atoms with Crippen LogP contribution in [0.3, 0.4) is 0 Å². The number of nitrogens with one attached hydrogen (secondary N) is 2. The van der Waals surface area contributed by atoms with Gasteiger partial charge in [-0.15, -0.1) is 24.0 Å². The third kappa shape index (κ3) is 8.74. The fraction of sp³-hybridized carbons (Fsp3) is 0.417. The average Bonchev–Trinajstić information content (AvgIpc) is 2.78. The van der Waals surface area contributed by atoms with E-state index in [4.69, 9.17) is 0 Å². The van der Waals surface area contributed by atoms with Crippen LogP contribution in [0.4, 0.5) is 4.39 Å². The number of carbonyl (C=O) groups is 1. The van der Waals surface area contributed by atoms with Crippen molar-refractivity contribution in [1.82, 2.24) is 20.4 Å². The highest BCUT2D eigenvalue weighted by Gasteiger charge is 2.20. The zero-order chi connectivity index (χ0) is 22.1. The normalized spacial score (nSPS) is 15.0. The molecule has 1 aliphatic heterocycles. The number of likely N-dealkylation sites (tertiary alicyclic amines) is 1. The quantitative estimate of drug-likeness (QED) is 0.314. The number of rotatable bonds is 7. The van der Waals surface area contributed by atoms with Crippen molar-refractivity contribution in [2.45, 2.75) is 32.0 Å². The van der Waals surface area contributed by atoms with E-state index in [1.54, 1.807) is 19.0 Å². The molecule has 1 saturated heterocycles. The summed E-state index contributed by atoms with van der Waals surface area (Å²) in [6.45, 7) is 3.50. The monoisotopic (exact) mass is 553 g/mol. The highest BCUT2D eigenvalue weighted by atomic mass is 127. The number of aliphatic imine (C=N–C) groups is 1. The molecule has 0 aromatic heterocycles. The molecule has 0 bridgehead atoms. The predicted molar refractivity (Wildman–Crippen MR) is 138 cm³/mol. The van der Waals surface area contributed by atoms with Gasteiger partial charge in [-0.1, -0.05) is 42.5 Å². The Balaban J connectivity index is 0.00000363. The number of halogens is 2. The number of piperidine rings is 1. The molecular formula is C24H33FIN5O. The van der Waals surface area contributed by atoms with Gasteiger partial charge in [-0.25, -0.2) is 9.38 Å². The molecule has 2 aromatic carbocycles. The molecule has 3 rings (SSSR count). The van der Waals surface area contributed by atoms with Crippen LogP contribution in [-0.4, -0.2) is 61.4 Å². The third-order valence-electron chi connectivity index (χ3n) is 5.42. The largest absolute Gasteiger partial charge is 0.354 e. The van der Waals surface area contributed by atoms with Gasteiger partial charge in [0.1, 0.15) is 5.82 Å². The Morgan fingerprint density at radius 3 is 2.34 bits per heavy atom. The molecule has 1 heterocycles. The van der Waals surface area contributed by atoms with E-state index in [0.717, 1.165) is 43.6 Å². The molecule has 0 atom stereocenters. The maximum absolute atomic E-state index is 13.1. The molecular weight excluding hydrogens is 520 g/mol. The number of guanidine groups is 1. The van der Waals surface area contributed by atoms with Gasteiger partial charge in [0.25, 0.3) is 0 Å². The second-order valence-corrected chi connectivity index (χ2v) is 8.11. The van der Waals surface area contributed by atoms with Crippen molar-refractivity contribution in [3.05, 3.63) is 71.5 Å². The zero-order valence-electron chi connectivity index (χ0n) is 18.8.